The van der Waals surface area contributed by atoms with Gasteiger partial charge in [-0.25, -0.2) is 0 Å². The first-order valence-electron chi connectivity index (χ1n) is 4.40. The summed E-state index contributed by atoms with van der Waals surface area (Å²) in [7, 11) is 0. The molecule has 0 aromatic heterocycles. The van der Waals surface area contributed by atoms with E-state index in [2.05, 4.69) is 5.92 Å². The molecule has 0 fully saturated rings. The van der Waals surface area contributed by atoms with E-state index in [-0.39, 0.29) is 5.92 Å². The van der Waals surface area contributed by atoms with E-state index in [1.807, 2.05) is 37.3 Å². The SMILES string of the molecule is C#C[C@H](C)COCc1ccccc1. The molecule has 0 N–H and O–H groups in total. The van der Waals surface area contributed by atoms with Crippen molar-refractivity contribution in [2.24, 2.45) is 5.92 Å². The summed E-state index contributed by atoms with van der Waals surface area (Å²) in [5, 5.41) is 0. The van der Waals surface area contributed by atoms with Crippen molar-refractivity contribution in [1.29, 1.82) is 0 Å². The van der Waals surface area contributed by atoms with Crippen molar-refractivity contribution in [3.05, 3.63) is 35.9 Å². The summed E-state index contributed by atoms with van der Waals surface area (Å²) >= 11 is 0. The lowest BCUT2D eigenvalue weighted by atomic mass is 10.2. The molecule has 0 aliphatic heterocycles. The van der Waals surface area contributed by atoms with Crippen molar-refractivity contribution in [3.63, 3.8) is 0 Å². The van der Waals surface area contributed by atoms with Crippen molar-refractivity contribution >= 4 is 0 Å². The van der Waals surface area contributed by atoms with Gasteiger partial charge in [0.1, 0.15) is 0 Å². The van der Waals surface area contributed by atoms with E-state index in [1.54, 1.807) is 0 Å². The van der Waals surface area contributed by atoms with Crippen LogP contribution in [0.4, 0.5) is 0 Å². The summed E-state index contributed by atoms with van der Waals surface area (Å²) in [5.41, 5.74) is 1.19. The van der Waals surface area contributed by atoms with Crippen molar-refractivity contribution < 1.29 is 4.74 Å². The van der Waals surface area contributed by atoms with Crippen LogP contribution in [0.5, 0.6) is 0 Å². The molecule has 0 saturated carbocycles. The van der Waals surface area contributed by atoms with Crippen LogP contribution in [-0.4, -0.2) is 6.61 Å². The minimum Gasteiger partial charge on any atom is -0.376 e. The third-order valence-corrected chi connectivity index (χ3v) is 1.76. The van der Waals surface area contributed by atoms with E-state index in [1.165, 1.54) is 5.56 Å². The Morgan fingerprint density at radius 1 is 1.38 bits per heavy atom. The maximum atomic E-state index is 5.43. The van der Waals surface area contributed by atoms with Gasteiger partial charge in [-0.3, -0.25) is 0 Å². The van der Waals surface area contributed by atoms with Gasteiger partial charge in [0, 0.05) is 5.92 Å². The molecule has 0 bridgehead atoms. The molecule has 1 atom stereocenters. The summed E-state index contributed by atoms with van der Waals surface area (Å²) in [6.45, 7) is 3.25. The smallest absolute Gasteiger partial charge is 0.0717 e. The van der Waals surface area contributed by atoms with Crippen LogP contribution in [0.2, 0.25) is 0 Å². The normalized spacial score (nSPS) is 12.0. The summed E-state index contributed by atoms with van der Waals surface area (Å²) in [5.74, 6) is 2.82. The van der Waals surface area contributed by atoms with Gasteiger partial charge in [-0.15, -0.1) is 12.3 Å². The van der Waals surface area contributed by atoms with Gasteiger partial charge in [0.25, 0.3) is 0 Å². The highest BCUT2D eigenvalue weighted by atomic mass is 16.5. The Labute approximate surface area is 79.7 Å². The molecule has 0 unspecified atom stereocenters. The first-order valence-corrected chi connectivity index (χ1v) is 4.40. The van der Waals surface area contributed by atoms with Gasteiger partial charge >= 0.3 is 0 Å². The molecule has 13 heavy (non-hydrogen) atoms. The molecule has 0 amide bonds. The lowest BCUT2D eigenvalue weighted by Gasteiger charge is -2.05. The summed E-state index contributed by atoms with van der Waals surface area (Å²) < 4.78 is 5.43. The van der Waals surface area contributed by atoms with Crippen molar-refractivity contribution in [1.82, 2.24) is 0 Å². The summed E-state index contributed by atoms with van der Waals surface area (Å²) in [4.78, 5) is 0. The molecular formula is C12H14O. The second kappa shape index (κ2) is 5.40. The molecule has 1 rings (SSSR count). The molecule has 0 spiro atoms. The molecule has 0 radical (unpaired) electrons. The predicted octanol–water partition coefficient (Wildman–Crippen LogP) is 2.47. The van der Waals surface area contributed by atoms with E-state index in [9.17, 15) is 0 Å². The first kappa shape index (κ1) is 9.83. The van der Waals surface area contributed by atoms with Gasteiger partial charge in [0.2, 0.25) is 0 Å². The maximum absolute atomic E-state index is 5.43. The Kier molecular flexibility index (Phi) is 4.08. The third-order valence-electron chi connectivity index (χ3n) is 1.76. The molecule has 0 heterocycles. The van der Waals surface area contributed by atoms with Gasteiger partial charge in [-0.05, 0) is 12.5 Å². The Hall–Kier alpha value is -1.26. The first-order chi connectivity index (χ1) is 6.33. The van der Waals surface area contributed by atoms with E-state index < -0.39 is 0 Å². The van der Waals surface area contributed by atoms with E-state index in [0.717, 1.165) is 0 Å². The Morgan fingerprint density at radius 2 is 2.08 bits per heavy atom. The molecule has 0 aliphatic carbocycles. The fourth-order valence-electron chi connectivity index (χ4n) is 0.976. The molecule has 68 valence electrons. The Morgan fingerprint density at radius 3 is 2.69 bits per heavy atom. The number of hydrogen-bond donors (Lipinski definition) is 0. The van der Waals surface area contributed by atoms with Crippen LogP contribution in [0.15, 0.2) is 30.3 Å². The molecule has 0 saturated heterocycles. The molecular weight excluding hydrogens is 160 g/mol. The quantitative estimate of drug-likeness (QED) is 0.637. The van der Waals surface area contributed by atoms with E-state index in [0.29, 0.717) is 13.2 Å². The van der Waals surface area contributed by atoms with E-state index >= 15 is 0 Å². The highest BCUT2D eigenvalue weighted by molar-refractivity contribution is 5.13. The van der Waals surface area contributed by atoms with Gasteiger partial charge in [-0.1, -0.05) is 30.3 Å². The van der Waals surface area contributed by atoms with E-state index in [4.69, 9.17) is 11.2 Å². The largest absolute Gasteiger partial charge is 0.376 e. The monoisotopic (exact) mass is 174 g/mol. The van der Waals surface area contributed by atoms with Crippen LogP contribution in [0.3, 0.4) is 0 Å². The molecule has 0 aliphatic rings. The van der Waals surface area contributed by atoms with Crippen molar-refractivity contribution in [2.75, 3.05) is 6.61 Å². The van der Waals surface area contributed by atoms with Crippen LogP contribution in [0.1, 0.15) is 12.5 Å². The zero-order valence-corrected chi connectivity index (χ0v) is 7.86. The fraction of sp³-hybridized carbons (Fsp3) is 0.333. The second-order valence-corrected chi connectivity index (χ2v) is 3.07. The van der Waals surface area contributed by atoms with Gasteiger partial charge in [-0.2, -0.15) is 0 Å². The van der Waals surface area contributed by atoms with Gasteiger partial charge < -0.3 is 4.74 Å². The van der Waals surface area contributed by atoms with Crippen LogP contribution in [-0.2, 0) is 11.3 Å². The lowest BCUT2D eigenvalue weighted by Crippen LogP contribution is -2.03. The second-order valence-electron chi connectivity index (χ2n) is 3.07. The van der Waals surface area contributed by atoms with Gasteiger partial charge in [0.15, 0.2) is 0 Å². The molecule has 1 nitrogen and oxygen atoms in total. The zero-order chi connectivity index (χ0) is 9.52. The number of terminal acetylenes is 1. The highest BCUT2D eigenvalue weighted by Crippen LogP contribution is 2.02. The minimum absolute atomic E-state index is 0.198. The summed E-state index contributed by atoms with van der Waals surface area (Å²) in [6, 6.07) is 10.1. The molecule has 1 heteroatoms. The van der Waals surface area contributed by atoms with Crippen LogP contribution >= 0.6 is 0 Å². The number of ether oxygens (including phenoxy) is 1. The Balaban J connectivity index is 2.25. The topological polar surface area (TPSA) is 9.23 Å². The standard InChI is InChI=1S/C12H14O/c1-3-11(2)9-13-10-12-7-5-4-6-8-12/h1,4-8,11H,9-10H2,2H3/t11-/m0/s1. The number of rotatable bonds is 4. The maximum Gasteiger partial charge on any atom is 0.0717 e. The van der Waals surface area contributed by atoms with Crippen molar-refractivity contribution in [3.8, 4) is 12.3 Å². The third kappa shape index (κ3) is 3.78. The average Bonchev–Trinajstić information content (AvgIpc) is 2.19. The average molecular weight is 174 g/mol. The van der Waals surface area contributed by atoms with Crippen LogP contribution in [0, 0.1) is 18.3 Å². The van der Waals surface area contributed by atoms with Gasteiger partial charge in [0.05, 0.1) is 13.2 Å². The highest BCUT2D eigenvalue weighted by Gasteiger charge is 1.96. The molecule has 1 aromatic rings. The lowest BCUT2D eigenvalue weighted by molar-refractivity contribution is 0.106. The number of hydrogen-bond acceptors (Lipinski definition) is 1. The predicted molar refractivity (Wildman–Crippen MR) is 54.1 cm³/mol. The molecule has 1 aromatic carbocycles. The Bertz CT molecular complexity index is 271. The fourth-order valence-corrected chi connectivity index (χ4v) is 0.976. The van der Waals surface area contributed by atoms with Crippen molar-refractivity contribution in [2.45, 2.75) is 13.5 Å². The van der Waals surface area contributed by atoms with Crippen LogP contribution < -0.4 is 0 Å². The minimum atomic E-state index is 0.198. The van der Waals surface area contributed by atoms with Crippen LogP contribution in [0.25, 0.3) is 0 Å². The zero-order valence-electron chi connectivity index (χ0n) is 7.86. The number of benzene rings is 1. The summed E-state index contributed by atoms with van der Waals surface area (Å²) in [6.07, 6.45) is 5.22.